The molecule has 7 heteroatoms. The van der Waals surface area contributed by atoms with Crippen molar-refractivity contribution in [2.24, 2.45) is 0 Å². The van der Waals surface area contributed by atoms with Crippen LogP contribution in [0.5, 0.6) is 0 Å². The van der Waals surface area contributed by atoms with E-state index in [1.54, 1.807) is 18.5 Å². The minimum Gasteiger partial charge on any atom is -0.353 e. The molecule has 1 saturated heterocycles. The number of hydrogen-bond donors (Lipinski definition) is 1. The molecule has 1 aliphatic rings. The van der Waals surface area contributed by atoms with Crippen LogP contribution in [0.25, 0.3) is 0 Å². The van der Waals surface area contributed by atoms with Gasteiger partial charge in [0, 0.05) is 32.4 Å². The lowest BCUT2D eigenvalue weighted by atomic mass is 10.2. The van der Waals surface area contributed by atoms with Crippen molar-refractivity contribution in [2.45, 2.75) is 0 Å². The van der Waals surface area contributed by atoms with Crippen LogP contribution in [0.4, 0.5) is 17.2 Å². The summed E-state index contributed by atoms with van der Waals surface area (Å²) in [4.78, 5) is 25.5. The molecule has 1 fully saturated rings. The zero-order chi connectivity index (χ0) is 19.3. The van der Waals surface area contributed by atoms with Crippen molar-refractivity contribution in [2.75, 3.05) is 36.4 Å². The summed E-state index contributed by atoms with van der Waals surface area (Å²) in [6.45, 7) is 2.82. The SMILES string of the molecule is O=C(c1ccc(Nc2ccccc2Cl)cn1)N1CCN(c2ccccn2)CC1. The van der Waals surface area contributed by atoms with Gasteiger partial charge in [0.1, 0.15) is 11.5 Å². The van der Waals surface area contributed by atoms with E-state index < -0.39 is 0 Å². The van der Waals surface area contributed by atoms with Gasteiger partial charge in [0.25, 0.3) is 5.91 Å². The van der Waals surface area contributed by atoms with E-state index in [9.17, 15) is 4.79 Å². The van der Waals surface area contributed by atoms with Crippen molar-refractivity contribution in [1.29, 1.82) is 0 Å². The highest BCUT2D eigenvalue weighted by atomic mass is 35.5. The van der Waals surface area contributed by atoms with Crippen molar-refractivity contribution in [3.63, 3.8) is 0 Å². The molecule has 6 nitrogen and oxygen atoms in total. The smallest absolute Gasteiger partial charge is 0.272 e. The average Bonchev–Trinajstić information content (AvgIpc) is 2.76. The van der Waals surface area contributed by atoms with E-state index in [1.807, 2.05) is 53.4 Å². The number of piperazine rings is 1. The van der Waals surface area contributed by atoms with E-state index in [-0.39, 0.29) is 5.91 Å². The predicted octanol–water partition coefficient (Wildman–Crippen LogP) is 3.84. The number of aromatic nitrogens is 2. The number of nitrogens with one attached hydrogen (secondary N) is 1. The number of carbonyl (C=O) groups is 1. The Morgan fingerprint density at radius 1 is 0.929 bits per heavy atom. The van der Waals surface area contributed by atoms with Gasteiger partial charge < -0.3 is 15.1 Å². The van der Waals surface area contributed by atoms with Crippen LogP contribution in [0.15, 0.2) is 67.0 Å². The van der Waals surface area contributed by atoms with Gasteiger partial charge in [-0.25, -0.2) is 9.97 Å². The van der Waals surface area contributed by atoms with Crippen molar-refractivity contribution in [3.05, 3.63) is 77.7 Å². The zero-order valence-corrected chi connectivity index (χ0v) is 16.0. The van der Waals surface area contributed by atoms with Crippen LogP contribution in [0.3, 0.4) is 0 Å². The van der Waals surface area contributed by atoms with Crippen molar-refractivity contribution in [1.82, 2.24) is 14.9 Å². The lowest BCUT2D eigenvalue weighted by Crippen LogP contribution is -2.49. The van der Waals surface area contributed by atoms with E-state index >= 15 is 0 Å². The summed E-state index contributed by atoms with van der Waals surface area (Å²) in [5, 5.41) is 3.84. The van der Waals surface area contributed by atoms with Crippen LogP contribution in [0.1, 0.15) is 10.5 Å². The second kappa shape index (κ2) is 8.27. The Bertz CT molecular complexity index is 941. The van der Waals surface area contributed by atoms with E-state index in [4.69, 9.17) is 11.6 Å². The minimum atomic E-state index is -0.0510. The van der Waals surface area contributed by atoms with Gasteiger partial charge in [0.15, 0.2) is 0 Å². The number of anilines is 3. The number of nitrogens with zero attached hydrogens (tertiary/aromatic N) is 4. The zero-order valence-electron chi connectivity index (χ0n) is 15.3. The maximum absolute atomic E-state index is 12.8. The first-order valence-corrected chi connectivity index (χ1v) is 9.51. The van der Waals surface area contributed by atoms with E-state index in [1.165, 1.54) is 0 Å². The summed E-state index contributed by atoms with van der Waals surface area (Å²) in [5.74, 6) is 0.896. The molecule has 0 aliphatic carbocycles. The molecule has 0 atom stereocenters. The molecule has 3 aromatic rings. The Hall–Kier alpha value is -3.12. The Balaban J connectivity index is 1.37. The molecule has 4 rings (SSSR count). The fraction of sp³-hybridized carbons (Fsp3) is 0.190. The highest BCUT2D eigenvalue weighted by molar-refractivity contribution is 6.33. The molecule has 28 heavy (non-hydrogen) atoms. The number of hydrogen-bond acceptors (Lipinski definition) is 5. The minimum absolute atomic E-state index is 0.0510. The molecule has 1 amide bonds. The molecular weight excluding hydrogens is 374 g/mol. The lowest BCUT2D eigenvalue weighted by Gasteiger charge is -2.35. The number of benzene rings is 1. The standard InChI is InChI=1S/C21H20ClN5O/c22-17-5-1-2-6-18(17)25-16-8-9-19(24-15-16)21(28)27-13-11-26(12-14-27)20-7-3-4-10-23-20/h1-10,15,25H,11-14H2. The summed E-state index contributed by atoms with van der Waals surface area (Å²) in [7, 11) is 0. The third kappa shape index (κ3) is 4.07. The molecule has 1 N–H and O–H groups in total. The molecule has 0 bridgehead atoms. The van der Waals surface area contributed by atoms with Crippen LogP contribution < -0.4 is 10.2 Å². The summed E-state index contributed by atoms with van der Waals surface area (Å²) >= 11 is 6.16. The van der Waals surface area contributed by atoms with Gasteiger partial charge in [-0.3, -0.25) is 4.79 Å². The van der Waals surface area contributed by atoms with Crippen LogP contribution in [-0.4, -0.2) is 47.0 Å². The fourth-order valence-electron chi connectivity index (χ4n) is 3.15. The molecule has 142 valence electrons. The number of amides is 1. The van der Waals surface area contributed by atoms with E-state index in [0.29, 0.717) is 23.8 Å². The first kappa shape index (κ1) is 18.3. The Kier molecular flexibility index (Phi) is 5.39. The average molecular weight is 394 g/mol. The molecular formula is C21H20ClN5O. The molecule has 0 unspecified atom stereocenters. The Morgan fingerprint density at radius 3 is 2.39 bits per heavy atom. The van der Waals surface area contributed by atoms with Gasteiger partial charge in [-0.15, -0.1) is 0 Å². The number of halogens is 1. The van der Waals surface area contributed by atoms with Crippen LogP contribution in [0.2, 0.25) is 5.02 Å². The lowest BCUT2D eigenvalue weighted by molar-refractivity contribution is 0.0740. The van der Waals surface area contributed by atoms with Gasteiger partial charge in [0.05, 0.1) is 22.6 Å². The van der Waals surface area contributed by atoms with Gasteiger partial charge in [-0.1, -0.05) is 29.8 Å². The highest BCUT2D eigenvalue weighted by Crippen LogP contribution is 2.24. The molecule has 0 spiro atoms. The first-order valence-electron chi connectivity index (χ1n) is 9.13. The fourth-order valence-corrected chi connectivity index (χ4v) is 3.34. The molecule has 0 saturated carbocycles. The summed E-state index contributed by atoms with van der Waals surface area (Å²) in [6, 6.07) is 16.9. The van der Waals surface area contributed by atoms with Gasteiger partial charge in [0.2, 0.25) is 0 Å². The summed E-state index contributed by atoms with van der Waals surface area (Å²) in [5.41, 5.74) is 2.02. The van der Waals surface area contributed by atoms with Crippen molar-refractivity contribution < 1.29 is 4.79 Å². The third-order valence-corrected chi connectivity index (χ3v) is 5.01. The Labute approximate surface area is 168 Å². The number of pyridine rings is 2. The topological polar surface area (TPSA) is 61.4 Å². The second-order valence-electron chi connectivity index (χ2n) is 6.50. The molecule has 2 aromatic heterocycles. The quantitative estimate of drug-likeness (QED) is 0.729. The number of carbonyl (C=O) groups excluding carboxylic acids is 1. The van der Waals surface area contributed by atoms with Gasteiger partial charge in [-0.2, -0.15) is 0 Å². The predicted molar refractivity (Wildman–Crippen MR) is 111 cm³/mol. The molecule has 1 aromatic carbocycles. The largest absolute Gasteiger partial charge is 0.353 e. The van der Waals surface area contributed by atoms with E-state index in [2.05, 4.69) is 20.2 Å². The number of rotatable bonds is 4. The third-order valence-electron chi connectivity index (χ3n) is 4.68. The second-order valence-corrected chi connectivity index (χ2v) is 6.91. The normalized spacial score (nSPS) is 14.0. The van der Waals surface area contributed by atoms with Crippen molar-refractivity contribution >= 4 is 34.7 Å². The maximum atomic E-state index is 12.8. The molecule has 1 aliphatic heterocycles. The number of para-hydroxylation sites is 1. The molecule has 3 heterocycles. The Morgan fingerprint density at radius 2 is 1.71 bits per heavy atom. The van der Waals surface area contributed by atoms with Crippen LogP contribution in [-0.2, 0) is 0 Å². The van der Waals surface area contributed by atoms with Crippen molar-refractivity contribution in [3.8, 4) is 0 Å². The highest BCUT2D eigenvalue weighted by Gasteiger charge is 2.23. The first-order chi connectivity index (χ1) is 13.7. The van der Waals surface area contributed by atoms with Crippen LogP contribution in [0, 0.1) is 0 Å². The monoisotopic (exact) mass is 393 g/mol. The van der Waals surface area contributed by atoms with E-state index in [0.717, 1.165) is 30.3 Å². The summed E-state index contributed by atoms with van der Waals surface area (Å²) in [6.07, 6.45) is 3.44. The molecule has 0 radical (unpaired) electrons. The van der Waals surface area contributed by atoms with Gasteiger partial charge in [-0.05, 0) is 36.4 Å². The van der Waals surface area contributed by atoms with Gasteiger partial charge >= 0.3 is 0 Å². The van der Waals surface area contributed by atoms with Crippen LogP contribution >= 0.6 is 11.6 Å². The maximum Gasteiger partial charge on any atom is 0.272 e. The summed E-state index contributed by atoms with van der Waals surface area (Å²) < 4.78 is 0.